The van der Waals surface area contributed by atoms with Gasteiger partial charge in [-0.3, -0.25) is 19.3 Å². The third-order valence-corrected chi connectivity index (χ3v) is 8.64. The molecular formula is C18H23N7O8S3. The third kappa shape index (κ3) is 5.94. The molecule has 0 aromatic carbocycles. The summed E-state index contributed by atoms with van der Waals surface area (Å²) in [6.45, 7) is -0.478. The van der Waals surface area contributed by atoms with E-state index in [0.717, 1.165) is 28.0 Å². The summed E-state index contributed by atoms with van der Waals surface area (Å²) < 4.78 is 25.0. The Kier molecular flexibility index (Phi) is 8.54. The standard InChI is InChI=1S/C18H23N7O8S3/c1-33-24-11(9-6-35-18(20)22-9)14(27)23-12-15(28)25-13(17(29)30)8(5-34-16(12)25)7-36(31,32)3-2-21-10(26)4-19/h6,12,16H,2-5,7,19H2,1H3,(H2,20,22)(H,21,26)(H,23,27)(H,29,30)/b24-11-/t12?,16-/m1/s1. The Morgan fingerprint density at radius 1 is 1.39 bits per heavy atom. The molecule has 3 heterocycles. The van der Waals surface area contributed by atoms with E-state index < -0.39 is 62.1 Å². The fraction of sp³-hybridized carbons (Fsp3) is 0.444. The van der Waals surface area contributed by atoms with E-state index in [0.29, 0.717) is 0 Å². The van der Waals surface area contributed by atoms with Gasteiger partial charge in [0.2, 0.25) is 5.91 Å². The molecule has 36 heavy (non-hydrogen) atoms. The number of carboxylic acids is 1. The van der Waals surface area contributed by atoms with Crippen molar-refractivity contribution in [2.75, 3.05) is 43.2 Å². The van der Waals surface area contributed by atoms with Crippen molar-refractivity contribution in [1.82, 2.24) is 20.5 Å². The number of amides is 3. The molecule has 0 spiro atoms. The molecule has 2 aliphatic rings. The Bertz CT molecular complexity index is 1240. The maximum absolute atomic E-state index is 12.8. The summed E-state index contributed by atoms with van der Waals surface area (Å²) >= 11 is 2.18. The Morgan fingerprint density at radius 3 is 2.69 bits per heavy atom. The van der Waals surface area contributed by atoms with Gasteiger partial charge in [0.15, 0.2) is 20.7 Å². The molecule has 0 radical (unpaired) electrons. The minimum atomic E-state index is -3.81. The lowest BCUT2D eigenvalue weighted by Gasteiger charge is -2.49. The predicted molar refractivity (Wildman–Crippen MR) is 130 cm³/mol. The van der Waals surface area contributed by atoms with Crippen LogP contribution in [-0.4, -0.2) is 102 Å². The van der Waals surface area contributed by atoms with E-state index >= 15 is 0 Å². The van der Waals surface area contributed by atoms with E-state index in [4.69, 9.17) is 16.3 Å². The number of fused-ring (bicyclic) bond motifs is 1. The summed E-state index contributed by atoms with van der Waals surface area (Å²) in [5.41, 5.74) is 10.3. The molecule has 3 amide bonds. The summed E-state index contributed by atoms with van der Waals surface area (Å²) in [4.78, 5) is 58.4. The molecule has 3 rings (SSSR count). The summed E-state index contributed by atoms with van der Waals surface area (Å²) in [6, 6.07) is -1.08. The number of sulfone groups is 1. The number of oxime groups is 1. The van der Waals surface area contributed by atoms with E-state index in [1.54, 1.807) is 0 Å². The van der Waals surface area contributed by atoms with Gasteiger partial charge in [-0.25, -0.2) is 18.2 Å². The minimum absolute atomic E-state index is 0.00151. The second-order valence-corrected chi connectivity index (χ2v) is 11.6. The number of aromatic nitrogens is 1. The number of carboxylic acid groups (broad SMARTS) is 1. The smallest absolute Gasteiger partial charge is 0.352 e. The predicted octanol–water partition coefficient (Wildman–Crippen LogP) is -2.70. The van der Waals surface area contributed by atoms with Crippen LogP contribution in [-0.2, 0) is 33.9 Å². The van der Waals surface area contributed by atoms with Gasteiger partial charge in [0.05, 0.1) is 18.1 Å². The van der Waals surface area contributed by atoms with Crippen LogP contribution in [0.25, 0.3) is 0 Å². The number of nitrogen functional groups attached to an aromatic ring is 1. The highest BCUT2D eigenvalue weighted by molar-refractivity contribution is 8.00. The lowest BCUT2D eigenvalue weighted by molar-refractivity contribution is -0.150. The number of aliphatic carboxylic acids is 1. The number of nitrogens with one attached hydrogen (secondary N) is 2. The minimum Gasteiger partial charge on any atom is -0.477 e. The van der Waals surface area contributed by atoms with Crippen molar-refractivity contribution in [3.63, 3.8) is 0 Å². The first-order chi connectivity index (χ1) is 17.0. The van der Waals surface area contributed by atoms with Crippen molar-refractivity contribution in [2.24, 2.45) is 10.9 Å². The number of β-lactam (4-membered cyclic amide) rings is 1. The maximum atomic E-state index is 12.8. The number of nitrogens with two attached hydrogens (primary N) is 2. The zero-order chi connectivity index (χ0) is 26.6. The van der Waals surface area contributed by atoms with E-state index in [2.05, 4.69) is 20.8 Å². The van der Waals surface area contributed by atoms with Crippen molar-refractivity contribution < 1.29 is 37.5 Å². The Labute approximate surface area is 213 Å². The topological polar surface area (TPSA) is 236 Å². The summed E-state index contributed by atoms with van der Waals surface area (Å²) in [6.07, 6.45) is 0. The molecule has 0 saturated carbocycles. The molecule has 7 N–H and O–H groups in total. The van der Waals surface area contributed by atoms with Crippen molar-refractivity contribution in [3.8, 4) is 0 Å². The molecule has 1 saturated heterocycles. The molecule has 1 aromatic rings. The second kappa shape index (κ2) is 11.2. The summed E-state index contributed by atoms with van der Waals surface area (Å²) in [5, 5.41) is 19.1. The van der Waals surface area contributed by atoms with Gasteiger partial charge in [0.25, 0.3) is 11.8 Å². The van der Waals surface area contributed by atoms with Gasteiger partial charge in [0, 0.05) is 17.7 Å². The lowest BCUT2D eigenvalue weighted by atomic mass is 10.0. The van der Waals surface area contributed by atoms with Gasteiger partial charge >= 0.3 is 5.97 Å². The van der Waals surface area contributed by atoms with E-state index in [1.807, 2.05) is 0 Å². The average Bonchev–Trinajstić information content (AvgIpc) is 3.25. The number of thioether (sulfide) groups is 1. The summed E-state index contributed by atoms with van der Waals surface area (Å²) in [5.74, 6) is -4.55. The first kappa shape index (κ1) is 27.4. The van der Waals surface area contributed by atoms with E-state index in [9.17, 15) is 32.7 Å². The number of carbonyl (C=O) groups excluding carboxylic acids is 3. The van der Waals surface area contributed by atoms with Gasteiger partial charge < -0.3 is 32.0 Å². The van der Waals surface area contributed by atoms with Crippen LogP contribution in [0.4, 0.5) is 5.13 Å². The fourth-order valence-electron chi connectivity index (χ4n) is 3.45. The Morgan fingerprint density at radius 2 is 2.11 bits per heavy atom. The van der Waals surface area contributed by atoms with Gasteiger partial charge in [-0.05, 0) is 5.57 Å². The van der Waals surface area contributed by atoms with Crippen LogP contribution in [0.2, 0.25) is 0 Å². The van der Waals surface area contributed by atoms with Gasteiger partial charge in [0.1, 0.15) is 29.9 Å². The molecule has 1 unspecified atom stereocenters. The number of rotatable bonds is 11. The molecule has 2 atom stereocenters. The zero-order valence-electron chi connectivity index (χ0n) is 18.8. The SMILES string of the molecule is CO/N=C(\C(=O)NC1C(=O)N2C(C(=O)O)=C(CS(=O)(=O)CCNC(=O)CN)CS[C@H]12)c1csc(N)n1. The highest BCUT2D eigenvalue weighted by Crippen LogP contribution is 2.40. The van der Waals surface area contributed by atoms with Crippen LogP contribution < -0.4 is 22.1 Å². The molecule has 1 fully saturated rings. The maximum Gasteiger partial charge on any atom is 0.352 e. The molecular weight excluding hydrogens is 538 g/mol. The quantitative estimate of drug-likeness (QED) is 0.105. The van der Waals surface area contributed by atoms with Gasteiger partial charge in [-0.15, -0.1) is 23.1 Å². The number of nitrogens with zero attached hydrogens (tertiary/aromatic N) is 3. The van der Waals surface area contributed by atoms with Crippen LogP contribution in [0, 0.1) is 0 Å². The second-order valence-electron chi connectivity index (χ2n) is 7.46. The van der Waals surface area contributed by atoms with Crippen molar-refractivity contribution >= 4 is 67.5 Å². The van der Waals surface area contributed by atoms with E-state index in [-0.39, 0.29) is 41.0 Å². The number of thiazole rings is 1. The molecule has 1 aromatic heterocycles. The van der Waals surface area contributed by atoms with Gasteiger partial charge in [-0.2, -0.15) is 0 Å². The number of hydrogen-bond donors (Lipinski definition) is 5. The molecule has 18 heteroatoms. The van der Waals surface area contributed by atoms with Crippen LogP contribution in [0.3, 0.4) is 0 Å². The summed E-state index contributed by atoms with van der Waals surface area (Å²) in [7, 11) is -2.58. The van der Waals surface area contributed by atoms with Crippen LogP contribution in [0.5, 0.6) is 0 Å². The highest BCUT2D eigenvalue weighted by Gasteiger charge is 2.54. The molecule has 196 valence electrons. The van der Waals surface area contributed by atoms with Crippen LogP contribution >= 0.6 is 23.1 Å². The lowest BCUT2D eigenvalue weighted by Crippen LogP contribution is -2.71. The molecule has 0 bridgehead atoms. The first-order valence-electron chi connectivity index (χ1n) is 10.2. The average molecular weight is 562 g/mol. The monoisotopic (exact) mass is 561 g/mol. The zero-order valence-corrected chi connectivity index (χ0v) is 21.2. The molecule has 0 aliphatic carbocycles. The number of hydrogen-bond acceptors (Lipinski definition) is 13. The van der Waals surface area contributed by atoms with Crippen molar-refractivity contribution in [3.05, 3.63) is 22.3 Å². The Hall–Kier alpha value is -3.22. The van der Waals surface area contributed by atoms with Crippen molar-refractivity contribution in [1.29, 1.82) is 0 Å². The normalized spacial score (nSPS) is 19.9. The van der Waals surface area contributed by atoms with Crippen molar-refractivity contribution in [2.45, 2.75) is 11.4 Å². The largest absolute Gasteiger partial charge is 0.477 e. The Balaban J connectivity index is 1.74. The third-order valence-electron chi connectivity index (χ3n) is 5.01. The van der Waals surface area contributed by atoms with Crippen LogP contribution in [0.15, 0.2) is 21.8 Å². The highest BCUT2D eigenvalue weighted by atomic mass is 32.2. The first-order valence-corrected chi connectivity index (χ1v) is 13.9. The van der Waals surface area contributed by atoms with Crippen LogP contribution in [0.1, 0.15) is 5.69 Å². The number of carbonyl (C=O) groups is 4. The number of anilines is 1. The van der Waals surface area contributed by atoms with E-state index in [1.165, 1.54) is 12.5 Å². The van der Waals surface area contributed by atoms with Gasteiger partial charge in [-0.1, -0.05) is 5.16 Å². The molecule has 15 nitrogen and oxygen atoms in total. The fourth-order valence-corrected chi connectivity index (χ4v) is 6.80. The molecule has 2 aliphatic heterocycles.